The number of carbonyl (C=O) groups is 1. The largest absolute Gasteiger partial charge is 0.477 e. The Morgan fingerprint density at radius 3 is 2.48 bits per heavy atom. The van der Waals surface area contributed by atoms with Gasteiger partial charge in [0.1, 0.15) is 9.88 Å². The molecule has 0 bridgehead atoms. The fraction of sp³-hybridized carbons (Fsp3) is 0.0556. The molecule has 0 fully saturated rings. The molecule has 0 aliphatic carbocycles. The summed E-state index contributed by atoms with van der Waals surface area (Å²) in [6.45, 7) is 1.60. The van der Waals surface area contributed by atoms with Gasteiger partial charge < -0.3 is 5.11 Å². The van der Waals surface area contributed by atoms with Crippen LogP contribution in [0.1, 0.15) is 20.9 Å². The predicted octanol–water partition coefficient (Wildman–Crippen LogP) is 4.63. The maximum Gasteiger partial charge on any atom is 0.347 e. The van der Waals surface area contributed by atoms with Gasteiger partial charge >= 0.3 is 5.97 Å². The molecular formula is C18H10F2N2O2S. The third kappa shape index (κ3) is 3.12. The zero-order valence-electron chi connectivity index (χ0n) is 12.9. The van der Waals surface area contributed by atoms with E-state index in [9.17, 15) is 18.8 Å². The minimum absolute atomic E-state index is 0.137. The fourth-order valence-corrected chi connectivity index (χ4v) is 3.30. The zero-order chi connectivity index (χ0) is 18.1. The van der Waals surface area contributed by atoms with Crippen LogP contribution in [-0.2, 0) is 0 Å². The Hall–Kier alpha value is -3.11. The molecule has 1 N–H and O–H groups in total. The van der Waals surface area contributed by atoms with Gasteiger partial charge in [-0.25, -0.2) is 18.6 Å². The summed E-state index contributed by atoms with van der Waals surface area (Å²) in [7, 11) is 0. The highest BCUT2D eigenvalue weighted by Crippen LogP contribution is 2.32. The maximum absolute atomic E-state index is 13.4. The normalized spacial score (nSPS) is 10.5. The lowest BCUT2D eigenvalue weighted by Crippen LogP contribution is -1.94. The van der Waals surface area contributed by atoms with Gasteiger partial charge in [0.05, 0.1) is 17.3 Å². The summed E-state index contributed by atoms with van der Waals surface area (Å²) in [6, 6.07) is 10.3. The van der Waals surface area contributed by atoms with Crippen LogP contribution < -0.4 is 0 Å². The van der Waals surface area contributed by atoms with Crippen molar-refractivity contribution >= 4 is 17.3 Å². The van der Waals surface area contributed by atoms with Crippen LogP contribution in [0.5, 0.6) is 0 Å². The highest BCUT2D eigenvalue weighted by molar-refractivity contribution is 7.17. The van der Waals surface area contributed by atoms with Crippen molar-refractivity contribution in [2.75, 3.05) is 0 Å². The molecule has 124 valence electrons. The van der Waals surface area contributed by atoms with Crippen molar-refractivity contribution in [3.8, 4) is 27.8 Å². The van der Waals surface area contributed by atoms with Gasteiger partial charge in [-0.3, -0.25) is 0 Å². The molecule has 0 spiro atoms. The van der Waals surface area contributed by atoms with Gasteiger partial charge in [0, 0.05) is 5.56 Å². The van der Waals surface area contributed by atoms with Crippen LogP contribution in [0.25, 0.3) is 21.7 Å². The average Bonchev–Trinajstić information content (AvgIpc) is 2.99. The van der Waals surface area contributed by atoms with E-state index in [0.29, 0.717) is 27.4 Å². The highest BCUT2D eigenvalue weighted by Gasteiger charge is 2.16. The minimum Gasteiger partial charge on any atom is -0.477 e. The van der Waals surface area contributed by atoms with E-state index >= 15 is 0 Å². The second-order valence-corrected chi connectivity index (χ2v) is 6.24. The van der Waals surface area contributed by atoms with E-state index in [-0.39, 0.29) is 10.4 Å². The lowest BCUT2D eigenvalue weighted by Gasteiger charge is -2.07. The monoisotopic (exact) mass is 356 g/mol. The number of aromatic carboxylic acids is 1. The van der Waals surface area contributed by atoms with Crippen LogP contribution in [0.3, 0.4) is 0 Å². The van der Waals surface area contributed by atoms with Crippen molar-refractivity contribution < 1.29 is 18.7 Å². The van der Waals surface area contributed by atoms with Crippen LogP contribution in [0.2, 0.25) is 0 Å². The molecule has 1 aromatic heterocycles. The molecule has 25 heavy (non-hydrogen) atoms. The first-order valence-corrected chi connectivity index (χ1v) is 7.93. The highest BCUT2D eigenvalue weighted by atomic mass is 32.1. The number of hydrogen-bond donors (Lipinski definition) is 1. The molecule has 0 aliphatic heterocycles. The van der Waals surface area contributed by atoms with E-state index in [4.69, 9.17) is 5.11 Å². The molecule has 0 atom stereocenters. The molecule has 4 nitrogen and oxygen atoms in total. The molecule has 0 unspecified atom stereocenters. The average molecular weight is 356 g/mol. The number of carboxylic acids is 1. The second-order valence-electron chi connectivity index (χ2n) is 5.24. The Labute approximate surface area is 145 Å². The summed E-state index contributed by atoms with van der Waals surface area (Å²) in [5, 5.41) is 19.0. The van der Waals surface area contributed by atoms with Crippen LogP contribution in [0.15, 0.2) is 36.4 Å². The van der Waals surface area contributed by atoms with Gasteiger partial charge in [-0.15, -0.1) is 11.3 Å². The maximum atomic E-state index is 13.4. The SMILES string of the molecule is Cc1nc(-c2ccc(-c3ccc(F)c(F)c3)c(C#N)c2)sc1C(=O)O. The van der Waals surface area contributed by atoms with Crippen molar-refractivity contribution in [1.29, 1.82) is 5.26 Å². The van der Waals surface area contributed by atoms with Crippen molar-refractivity contribution in [3.63, 3.8) is 0 Å². The number of aromatic nitrogens is 1. The number of thiazole rings is 1. The van der Waals surface area contributed by atoms with Crippen molar-refractivity contribution in [3.05, 3.63) is 64.2 Å². The standard InChI is InChI=1S/C18H10F2N2O2S/c1-9-16(18(23)24)25-17(22-9)11-2-4-13(12(6-11)8-21)10-3-5-14(19)15(20)7-10/h2-7H,1H3,(H,23,24). The molecular weight excluding hydrogens is 346 g/mol. The summed E-state index contributed by atoms with van der Waals surface area (Å²) >= 11 is 1.02. The first kappa shape index (κ1) is 16.7. The first-order valence-electron chi connectivity index (χ1n) is 7.11. The molecule has 7 heteroatoms. The summed E-state index contributed by atoms with van der Waals surface area (Å²) in [5.41, 5.74) is 2.08. The molecule has 1 heterocycles. The first-order chi connectivity index (χ1) is 11.9. The number of carboxylic acid groups (broad SMARTS) is 1. The fourth-order valence-electron chi connectivity index (χ4n) is 2.40. The Balaban J connectivity index is 2.09. The summed E-state index contributed by atoms with van der Waals surface area (Å²) in [6.07, 6.45) is 0. The van der Waals surface area contributed by atoms with Gasteiger partial charge in [0.2, 0.25) is 0 Å². The van der Waals surface area contributed by atoms with E-state index in [1.54, 1.807) is 25.1 Å². The van der Waals surface area contributed by atoms with Crippen LogP contribution in [0, 0.1) is 29.9 Å². The number of nitrogens with zero attached hydrogens (tertiary/aromatic N) is 2. The zero-order valence-corrected chi connectivity index (χ0v) is 13.7. The lowest BCUT2D eigenvalue weighted by molar-refractivity contribution is 0.0701. The topological polar surface area (TPSA) is 74.0 Å². The van der Waals surface area contributed by atoms with E-state index in [0.717, 1.165) is 23.5 Å². The Bertz CT molecular complexity index is 1040. The Morgan fingerprint density at radius 2 is 1.88 bits per heavy atom. The van der Waals surface area contributed by atoms with Crippen LogP contribution >= 0.6 is 11.3 Å². The summed E-state index contributed by atoms with van der Waals surface area (Å²) in [4.78, 5) is 15.5. The predicted molar refractivity (Wildman–Crippen MR) is 89.3 cm³/mol. The van der Waals surface area contributed by atoms with Crippen molar-refractivity contribution in [2.45, 2.75) is 6.92 Å². The van der Waals surface area contributed by atoms with Crippen LogP contribution in [-0.4, -0.2) is 16.1 Å². The quantitative estimate of drug-likeness (QED) is 0.742. The molecule has 0 radical (unpaired) electrons. The third-order valence-corrected chi connectivity index (χ3v) is 4.80. The van der Waals surface area contributed by atoms with Crippen molar-refractivity contribution in [2.24, 2.45) is 0 Å². The van der Waals surface area contributed by atoms with Crippen molar-refractivity contribution in [1.82, 2.24) is 4.98 Å². The number of rotatable bonds is 3. The van der Waals surface area contributed by atoms with Gasteiger partial charge in [0.15, 0.2) is 11.6 Å². The van der Waals surface area contributed by atoms with E-state index in [1.165, 1.54) is 6.07 Å². The Kier molecular flexibility index (Phi) is 4.30. The number of halogens is 2. The Morgan fingerprint density at radius 1 is 1.16 bits per heavy atom. The van der Waals surface area contributed by atoms with E-state index in [2.05, 4.69) is 4.98 Å². The van der Waals surface area contributed by atoms with E-state index < -0.39 is 17.6 Å². The molecule has 0 amide bonds. The molecule has 0 saturated carbocycles. The number of nitriles is 1. The summed E-state index contributed by atoms with van der Waals surface area (Å²) in [5.74, 6) is -3.01. The number of benzene rings is 2. The van der Waals surface area contributed by atoms with Gasteiger partial charge in [-0.2, -0.15) is 5.26 Å². The van der Waals surface area contributed by atoms with Gasteiger partial charge in [0.25, 0.3) is 0 Å². The van der Waals surface area contributed by atoms with Gasteiger partial charge in [-0.1, -0.05) is 18.2 Å². The molecule has 3 aromatic rings. The molecule has 3 rings (SSSR count). The lowest BCUT2D eigenvalue weighted by atomic mass is 9.98. The summed E-state index contributed by atoms with van der Waals surface area (Å²) < 4.78 is 26.5. The van der Waals surface area contributed by atoms with Crippen LogP contribution in [0.4, 0.5) is 8.78 Å². The third-order valence-electron chi connectivity index (χ3n) is 3.61. The smallest absolute Gasteiger partial charge is 0.347 e. The minimum atomic E-state index is -1.06. The molecule has 2 aromatic carbocycles. The second kappa shape index (κ2) is 6.42. The number of aryl methyl sites for hydroxylation is 1. The molecule has 0 saturated heterocycles. The van der Waals surface area contributed by atoms with E-state index in [1.807, 2.05) is 6.07 Å². The van der Waals surface area contributed by atoms with Gasteiger partial charge in [-0.05, 0) is 36.2 Å². The number of hydrogen-bond acceptors (Lipinski definition) is 4. The molecule has 0 aliphatic rings.